The molecule has 1 atom stereocenters. The van der Waals surface area contributed by atoms with E-state index in [4.69, 9.17) is 9.47 Å². The van der Waals surface area contributed by atoms with E-state index in [9.17, 15) is 9.59 Å². The van der Waals surface area contributed by atoms with E-state index in [0.717, 1.165) is 16.2 Å². The molecular weight excluding hydrogens is 444 g/mol. The van der Waals surface area contributed by atoms with Crippen LogP contribution in [0.3, 0.4) is 0 Å². The predicted molar refractivity (Wildman–Crippen MR) is 127 cm³/mol. The van der Waals surface area contributed by atoms with E-state index in [0.29, 0.717) is 27.2 Å². The van der Waals surface area contributed by atoms with Crippen molar-refractivity contribution in [2.24, 2.45) is 4.99 Å². The first-order chi connectivity index (χ1) is 15.4. The minimum absolute atomic E-state index is 0.177. The normalized spacial score (nSPS) is 16.2. The Bertz CT molecular complexity index is 1330. The largest absolute Gasteiger partial charge is 0.494 e. The van der Waals surface area contributed by atoms with Crippen LogP contribution in [0.2, 0.25) is 0 Å². The first-order valence-corrected chi connectivity index (χ1v) is 12.1. The van der Waals surface area contributed by atoms with Crippen LogP contribution in [0.1, 0.15) is 44.2 Å². The van der Waals surface area contributed by atoms with Crippen LogP contribution in [0.4, 0.5) is 0 Å². The minimum Gasteiger partial charge on any atom is -0.494 e. The second kappa shape index (κ2) is 9.26. The molecule has 0 aliphatic carbocycles. The zero-order valence-corrected chi connectivity index (χ0v) is 20.0. The van der Waals surface area contributed by atoms with Gasteiger partial charge < -0.3 is 9.47 Å². The fraction of sp³-hybridized carbons (Fsp3) is 0.292. The van der Waals surface area contributed by atoms with Crippen LogP contribution in [0, 0.1) is 0 Å². The maximum Gasteiger partial charge on any atom is 0.338 e. The molecule has 0 N–H and O–H groups in total. The Kier molecular flexibility index (Phi) is 6.43. The van der Waals surface area contributed by atoms with Crippen molar-refractivity contribution in [2.45, 2.75) is 39.8 Å². The number of ether oxygens (including phenoxy) is 2. The first kappa shape index (κ1) is 22.2. The average molecular weight is 469 g/mol. The number of esters is 1. The molecule has 3 heterocycles. The third kappa shape index (κ3) is 4.33. The maximum atomic E-state index is 13.5. The number of allylic oxidation sites excluding steroid dienone is 1. The van der Waals surface area contributed by atoms with E-state index in [1.54, 1.807) is 36.7 Å². The molecule has 4 rings (SSSR count). The molecule has 1 aliphatic rings. The number of thiazole rings is 1. The molecule has 0 saturated heterocycles. The van der Waals surface area contributed by atoms with Gasteiger partial charge in [-0.05, 0) is 62.9 Å². The van der Waals surface area contributed by atoms with E-state index in [1.807, 2.05) is 54.8 Å². The van der Waals surface area contributed by atoms with Crippen LogP contribution in [-0.2, 0) is 9.53 Å². The lowest BCUT2D eigenvalue weighted by Gasteiger charge is -2.25. The van der Waals surface area contributed by atoms with Crippen molar-refractivity contribution in [2.75, 3.05) is 6.61 Å². The maximum absolute atomic E-state index is 13.5. The minimum atomic E-state index is -0.626. The SMILES string of the molecule is CCOc1ccc([C@@H]2C(C(=O)OC(C)C)=C(C)N=c3sc(=Cc4cccs4)c(=O)n32)cc1. The zero-order valence-electron chi connectivity index (χ0n) is 18.3. The van der Waals surface area contributed by atoms with Crippen LogP contribution < -0.4 is 19.6 Å². The van der Waals surface area contributed by atoms with Crippen LogP contribution in [0.15, 0.2) is 62.8 Å². The number of nitrogens with zero attached hydrogens (tertiary/aromatic N) is 2. The summed E-state index contributed by atoms with van der Waals surface area (Å²) >= 11 is 2.89. The van der Waals surface area contributed by atoms with Gasteiger partial charge in [0.15, 0.2) is 4.80 Å². The molecule has 6 nitrogen and oxygen atoms in total. The van der Waals surface area contributed by atoms with Gasteiger partial charge in [-0.1, -0.05) is 29.5 Å². The Labute approximate surface area is 193 Å². The zero-order chi connectivity index (χ0) is 22.8. The first-order valence-electron chi connectivity index (χ1n) is 10.4. The lowest BCUT2D eigenvalue weighted by atomic mass is 9.96. The van der Waals surface area contributed by atoms with Crippen molar-refractivity contribution in [3.63, 3.8) is 0 Å². The fourth-order valence-corrected chi connectivity index (χ4v) is 5.36. The summed E-state index contributed by atoms with van der Waals surface area (Å²) in [5, 5.41) is 1.97. The third-order valence-corrected chi connectivity index (χ3v) is 6.71. The van der Waals surface area contributed by atoms with Crippen molar-refractivity contribution in [1.29, 1.82) is 0 Å². The molecule has 8 heteroatoms. The Balaban J connectivity index is 1.91. The number of aromatic nitrogens is 1. The lowest BCUT2D eigenvalue weighted by Crippen LogP contribution is -2.40. The number of thiophene rings is 1. The second-order valence-electron chi connectivity index (χ2n) is 7.55. The molecule has 3 aromatic rings. The monoisotopic (exact) mass is 468 g/mol. The highest BCUT2D eigenvalue weighted by atomic mass is 32.1. The van der Waals surface area contributed by atoms with Gasteiger partial charge in [0.2, 0.25) is 0 Å². The van der Waals surface area contributed by atoms with E-state index in [-0.39, 0.29) is 11.7 Å². The number of fused-ring (bicyclic) bond motifs is 1. The molecular formula is C24H24N2O4S2. The van der Waals surface area contributed by atoms with Crippen molar-refractivity contribution in [1.82, 2.24) is 4.57 Å². The van der Waals surface area contributed by atoms with Gasteiger partial charge >= 0.3 is 5.97 Å². The van der Waals surface area contributed by atoms with E-state index in [2.05, 4.69) is 4.99 Å². The quantitative estimate of drug-likeness (QED) is 0.518. The average Bonchev–Trinajstić information content (AvgIpc) is 3.36. The van der Waals surface area contributed by atoms with Crippen LogP contribution in [-0.4, -0.2) is 23.2 Å². The summed E-state index contributed by atoms with van der Waals surface area (Å²) in [5.74, 6) is 0.265. The number of hydrogen-bond donors (Lipinski definition) is 0. The van der Waals surface area contributed by atoms with Gasteiger partial charge in [0, 0.05) is 4.88 Å². The molecule has 0 fully saturated rings. The van der Waals surface area contributed by atoms with Gasteiger partial charge in [-0.3, -0.25) is 9.36 Å². The lowest BCUT2D eigenvalue weighted by molar-refractivity contribution is -0.143. The Morgan fingerprint density at radius 3 is 2.62 bits per heavy atom. The molecule has 0 saturated carbocycles. The molecule has 0 radical (unpaired) electrons. The summed E-state index contributed by atoms with van der Waals surface area (Å²) in [6, 6.07) is 10.7. The molecule has 1 aliphatic heterocycles. The Morgan fingerprint density at radius 1 is 1.25 bits per heavy atom. The topological polar surface area (TPSA) is 69.9 Å². The molecule has 2 aromatic heterocycles. The highest BCUT2D eigenvalue weighted by Gasteiger charge is 2.33. The van der Waals surface area contributed by atoms with Gasteiger partial charge in [-0.15, -0.1) is 11.3 Å². The van der Waals surface area contributed by atoms with Crippen molar-refractivity contribution >= 4 is 34.7 Å². The number of carbonyl (C=O) groups excluding carboxylic acids is 1. The highest BCUT2D eigenvalue weighted by Crippen LogP contribution is 2.32. The predicted octanol–water partition coefficient (Wildman–Crippen LogP) is 3.65. The Morgan fingerprint density at radius 2 is 2.00 bits per heavy atom. The summed E-state index contributed by atoms with van der Waals surface area (Å²) in [7, 11) is 0. The summed E-state index contributed by atoms with van der Waals surface area (Å²) < 4.78 is 13.3. The number of benzene rings is 1. The van der Waals surface area contributed by atoms with Gasteiger partial charge in [-0.2, -0.15) is 0 Å². The number of hydrogen-bond acceptors (Lipinski definition) is 7. The molecule has 0 amide bonds. The van der Waals surface area contributed by atoms with Crippen LogP contribution >= 0.6 is 22.7 Å². The van der Waals surface area contributed by atoms with E-state index < -0.39 is 12.0 Å². The van der Waals surface area contributed by atoms with Gasteiger partial charge in [-0.25, -0.2) is 9.79 Å². The Hall–Kier alpha value is -2.97. The third-order valence-electron chi connectivity index (χ3n) is 4.91. The van der Waals surface area contributed by atoms with Gasteiger partial charge in [0.25, 0.3) is 5.56 Å². The fourth-order valence-electron chi connectivity index (χ4n) is 3.59. The molecule has 0 unspecified atom stereocenters. The second-order valence-corrected chi connectivity index (χ2v) is 9.54. The van der Waals surface area contributed by atoms with Crippen molar-refractivity contribution in [3.05, 3.63) is 83.2 Å². The van der Waals surface area contributed by atoms with Gasteiger partial charge in [0.05, 0.1) is 34.6 Å². The smallest absolute Gasteiger partial charge is 0.338 e. The molecule has 32 heavy (non-hydrogen) atoms. The van der Waals surface area contributed by atoms with E-state index >= 15 is 0 Å². The summed E-state index contributed by atoms with van der Waals surface area (Å²) in [6.07, 6.45) is 1.59. The standard InChI is InChI=1S/C24H24N2O4S2/c1-5-29-17-10-8-16(9-11-17)21-20(23(28)30-14(2)3)15(4)25-24-26(21)22(27)19(32-24)13-18-7-6-12-31-18/h6-14,21H,5H2,1-4H3/t21-/m1/s1. The molecule has 0 bridgehead atoms. The van der Waals surface area contributed by atoms with Crippen molar-refractivity contribution in [3.8, 4) is 5.75 Å². The summed E-state index contributed by atoms with van der Waals surface area (Å²) in [5.41, 5.74) is 1.54. The molecule has 1 aromatic carbocycles. The highest BCUT2D eigenvalue weighted by molar-refractivity contribution is 7.11. The van der Waals surface area contributed by atoms with Crippen LogP contribution in [0.25, 0.3) is 6.08 Å². The number of carbonyl (C=O) groups is 1. The van der Waals surface area contributed by atoms with Crippen molar-refractivity contribution < 1.29 is 14.3 Å². The van der Waals surface area contributed by atoms with Gasteiger partial charge in [0.1, 0.15) is 5.75 Å². The molecule has 166 valence electrons. The van der Waals surface area contributed by atoms with Crippen LogP contribution in [0.5, 0.6) is 5.75 Å². The molecule has 0 spiro atoms. The number of rotatable bonds is 6. The summed E-state index contributed by atoms with van der Waals surface area (Å²) in [6.45, 7) is 7.87. The van der Waals surface area contributed by atoms with E-state index in [1.165, 1.54) is 11.3 Å². The summed E-state index contributed by atoms with van der Waals surface area (Å²) in [4.78, 5) is 32.7.